The van der Waals surface area contributed by atoms with Gasteiger partial charge in [0.05, 0.1) is 23.1 Å². The zero-order valence-corrected chi connectivity index (χ0v) is 27.9. The first-order chi connectivity index (χ1) is 20.7. The van der Waals surface area contributed by atoms with Gasteiger partial charge in [0.1, 0.15) is 0 Å². The largest absolute Gasteiger partial charge is 0.390 e. The molecule has 6 fully saturated rings. The molecule has 0 radical (unpaired) electrons. The third kappa shape index (κ3) is 7.58. The van der Waals surface area contributed by atoms with Crippen LogP contribution >= 0.6 is 11.8 Å². The van der Waals surface area contributed by atoms with Gasteiger partial charge in [0.2, 0.25) is 11.8 Å². The minimum absolute atomic E-state index is 0.139. The van der Waals surface area contributed by atoms with E-state index < -0.39 is 5.60 Å². The summed E-state index contributed by atoms with van der Waals surface area (Å²) in [4.78, 5) is 31.3. The fraction of sp³-hybridized carbons (Fsp3) is 0.941. The quantitative estimate of drug-likeness (QED) is 0.361. The molecule has 0 bridgehead atoms. The molecule has 4 heterocycles. The zero-order chi connectivity index (χ0) is 30.1. The summed E-state index contributed by atoms with van der Waals surface area (Å²) in [5.41, 5.74) is -0.513. The minimum Gasteiger partial charge on any atom is -0.390 e. The minimum atomic E-state index is -0.513. The van der Waals surface area contributed by atoms with Crippen molar-refractivity contribution >= 4 is 23.6 Å². The molecule has 4 saturated heterocycles. The van der Waals surface area contributed by atoms with Crippen LogP contribution in [0.4, 0.5) is 0 Å². The number of nitrogens with zero attached hydrogens (tertiary/aromatic N) is 2. The van der Waals surface area contributed by atoms with Crippen LogP contribution < -0.4 is 16.0 Å². The van der Waals surface area contributed by atoms with E-state index >= 15 is 0 Å². The molecule has 0 aromatic heterocycles. The van der Waals surface area contributed by atoms with Crippen LogP contribution in [0.15, 0.2) is 0 Å². The highest BCUT2D eigenvalue weighted by molar-refractivity contribution is 8.01. The molecular formula is C34H59N5O3S. The van der Waals surface area contributed by atoms with Crippen molar-refractivity contribution in [1.29, 1.82) is 0 Å². The Morgan fingerprint density at radius 3 is 2.56 bits per heavy atom. The van der Waals surface area contributed by atoms with Crippen molar-refractivity contribution in [2.75, 3.05) is 33.2 Å². The number of piperidine rings is 3. The molecule has 9 heteroatoms. The highest BCUT2D eigenvalue weighted by Crippen LogP contribution is 2.46. The molecule has 43 heavy (non-hydrogen) atoms. The summed E-state index contributed by atoms with van der Waals surface area (Å²) in [7, 11) is 1.98. The summed E-state index contributed by atoms with van der Waals surface area (Å²) in [5, 5.41) is 22.2. The Bertz CT molecular complexity index is 950. The van der Waals surface area contributed by atoms with Crippen molar-refractivity contribution in [1.82, 2.24) is 25.8 Å². The Morgan fingerprint density at radius 1 is 1.00 bits per heavy atom. The molecule has 2 saturated carbocycles. The lowest BCUT2D eigenvalue weighted by molar-refractivity contribution is -0.138. The van der Waals surface area contributed by atoms with Crippen LogP contribution in [-0.4, -0.2) is 100 Å². The molecular weight excluding hydrogens is 558 g/mol. The SMILES string of the molecule is CC1C(NC(=O)C2CC3CCCCCC3S2)CCCC1C1CC(NC2CCC(N3CCC(C)(O)CC3)CN2)C(=O)N(C)C1. The summed E-state index contributed by atoms with van der Waals surface area (Å²) in [6, 6.07) is 0.618. The van der Waals surface area contributed by atoms with Crippen molar-refractivity contribution in [3.63, 3.8) is 0 Å². The van der Waals surface area contributed by atoms with E-state index in [-0.39, 0.29) is 29.4 Å². The van der Waals surface area contributed by atoms with Crippen LogP contribution in [-0.2, 0) is 9.59 Å². The van der Waals surface area contributed by atoms with Crippen LogP contribution in [0.3, 0.4) is 0 Å². The highest BCUT2D eigenvalue weighted by Gasteiger charge is 2.44. The highest BCUT2D eigenvalue weighted by atomic mass is 32.2. The molecule has 10 atom stereocenters. The first-order valence-electron chi connectivity index (χ1n) is 17.8. The third-order valence-corrected chi connectivity index (χ3v) is 14.1. The number of rotatable bonds is 6. The second kappa shape index (κ2) is 13.9. The smallest absolute Gasteiger partial charge is 0.239 e. The molecule has 0 aromatic rings. The van der Waals surface area contributed by atoms with E-state index in [4.69, 9.17) is 0 Å². The molecule has 2 amide bonds. The van der Waals surface area contributed by atoms with Crippen molar-refractivity contribution in [3.05, 3.63) is 0 Å². The zero-order valence-electron chi connectivity index (χ0n) is 27.1. The summed E-state index contributed by atoms with van der Waals surface area (Å²) in [5.74, 6) is 2.68. The molecule has 6 aliphatic rings. The van der Waals surface area contributed by atoms with Gasteiger partial charge in [-0.3, -0.25) is 19.8 Å². The first kappa shape index (κ1) is 32.1. The van der Waals surface area contributed by atoms with Gasteiger partial charge in [0.25, 0.3) is 0 Å². The van der Waals surface area contributed by atoms with Gasteiger partial charge in [0, 0.05) is 50.6 Å². The fourth-order valence-electron chi connectivity index (χ4n) is 9.60. The maximum absolute atomic E-state index is 13.5. The Kier molecular flexibility index (Phi) is 10.3. The van der Waals surface area contributed by atoms with Crippen LogP contribution in [0.2, 0.25) is 0 Å². The number of hydrogen-bond donors (Lipinski definition) is 4. The van der Waals surface area contributed by atoms with Crippen molar-refractivity contribution in [2.24, 2.45) is 23.7 Å². The summed E-state index contributed by atoms with van der Waals surface area (Å²) < 4.78 is 0. The van der Waals surface area contributed by atoms with Gasteiger partial charge in [-0.1, -0.05) is 32.6 Å². The molecule has 6 rings (SSSR count). The Morgan fingerprint density at radius 2 is 1.79 bits per heavy atom. The molecule has 8 nitrogen and oxygen atoms in total. The lowest BCUT2D eigenvalue weighted by Gasteiger charge is -2.47. The number of nitrogens with one attached hydrogen (secondary N) is 3. The van der Waals surface area contributed by atoms with Crippen molar-refractivity contribution < 1.29 is 14.7 Å². The van der Waals surface area contributed by atoms with E-state index in [1.54, 1.807) is 0 Å². The van der Waals surface area contributed by atoms with E-state index in [2.05, 4.69) is 27.8 Å². The molecule has 4 N–H and O–H groups in total. The number of carbonyl (C=O) groups excluding carboxylic acids is 2. The second-order valence-electron chi connectivity index (χ2n) is 15.5. The van der Waals surface area contributed by atoms with Gasteiger partial charge < -0.3 is 20.6 Å². The Hall–Kier alpha value is -0.870. The Labute approximate surface area is 264 Å². The average molecular weight is 618 g/mol. The second-order valence-corrected chi connectivity index (χ2v) is 17.0. The number of likely N-dealkylation sites (tertiary alicyclic amines) is 2. The maximum Gasteiger partial charge on any atom is 0.239 e. The van der Waals surface area contributed by atoms with E-state index in [9.17, 15) is 14.7 Å². The summed E-state index contributed by atoms with van der Waals surface area (Å²) in [6.45, 7) is 8.01. The number of thioether (sulfide) groups is 1. The van der Waals surface area contributed by atoms with E-state index in [1.807, 2.05) is 30.6 Å². The average Bonchev–Trinajstić information content (AvgIpc) is 3.27. The number of likely N-dealkylation sites (N-methyl/N-ethyl adjacent to an activating group) is 1. The molecule has 0 aromatic carbocycles. The predicted octanol–water partition coefficient (Wildman–Crippen LogP) is 3.72. The molecule has 0 spiro atoms. The van der Waals surface area contributed by atoms with Crippen LogP contribution in [0, 0.1) is 23.7 Å². The fourth-order valence-corrected chi connectivity index (χ4v) is 11.3. The normalized spacial score (nSPS) is 42.7. The summed E-state index contributed by atoms with van der Waals surface area (Å²) in [6.07, 6.45) is 16.0. The van der Waals surface area contributed by atoms with Gasteiger partial charge in [-0.25, -0.2) is 0 Å². The predicted molar refractivity (Wildman–Crippen MR) is 174 cm³/mol. The van der Waals surface area contributed by atoms with Crippen molar-refractivity contribution in [3.8, 4) is 0 Å². The van der Waals surface area contributed by atoms with Crippen LogP contribution in [0.1, 0.15) is 104 Å². The molecule has 244 valence electrons. The van der Waals surface area contributed by atoms with Gasteiger partial charge in [-0.2, -0.15) is 0 Å². The first-order valence-corrected chi connectivity index (χ1v) is 18.8. The number of carbonyl (C=O) groups is 2. The summed E-state index contributed by atoms with van der Waals surface area (Å²) >= 11 is 1.98. The lowest BCUT2D eigenvalue weighted by Crippen LogP contribution is -2.62. The number of aliphatic hydroxyl groups is 1. The Balaban J connectivity index is 0.998. The van der Waals surface area contributed by atoms with E-state index in [0.29, 0.717) is 35.0 Å². The molecule has 4 aliphatic heterocycles. The molecule has 10 unspecified atom stereocenters. The maximum atomic E-state index is 13.5. The van der Waals surface area contributed by atoms with Gasteiger partial charge in [-0.05, 0) is 94.8 Å². The third-order valence-electron chi connectivity index (χ3n) is 12.4. The van der Waals surface area contributed by atoms with E-state index in [0.717, 1.165) is 83.5 Å². The van der Waals surface area contributed by atoms with Gasteiger partial charge in [-0.15, -0.1) is 11.8 Å². The number of hydrogen-bond acceptors (Lipinski definition) is 7. The van der Waals surface area contributed by atoms with Crippen molar-refractivity contribution in [2.45, 2.75) is 144 Å². The standard InChI is InChI=1S/C34H59N5O3S/c1-22-26(9-7-10-27(22)37-32(40)30-19-23-8-5-4-6-11-29(23)43-30)24-18-28(33(41)38(3)21-24)36-31-13-12-25(20-35-31)39-16-14-34(2,42)15-17-39/h22-31,35-36,42H,4-21H2,1-3H3,(H,37,40). The molecule has 2 aliphatic carbocycles. The van der Waals surface area contributed by atoms with Gasteiger partial charge in [0.15, 0.2) is 0 Å². The van der Waals surface area contributed by atoms with Gasteiger partial charge >= 0.3 is 0 Å². The number of amides is 2. The lowest BCUT2D eigenvalue weighted by atomic mass is 9.68. The van der Waals surface area contributed by atoms with Crippen LogP contribution in [0.25, 0.3) is 0 Å². The van der Waals surface area contributed by atoms with Crippen LogP contribution in [0.5, 0.6) is 0 Å². The monoisotopic (exact) mass is 617 g/mol. The van der Waals surface area contributed by atoms with E-state index in [1.165, 1.54) is 38.5 Å². The number of fused-ring (bicyclic) bond motifs is 1. The topological polar surface area (TPSA) is 96.9 Å².